The quantitative estimate of drug-likeness (QED) is 0.677. The van der Waals surface area contributed by atoms with E-state index < -0.39 is 0 Å². The molecule has 0 aliphatic carbocycles. The van der Waals surface area contributed by atoms with Gasteiger partial charge >= 0.3 is 0 Å². The average molecular weight is 355 g/mol. The summed E-state index contributed by atoms with van der Waals surface area (Å²) in [4.78, 5) is 27.0. The molecule has 0 aliphatic heterocycles. The SMILES string of the molecule is COc1ccc2[nH]c(=O)c(CCC(=O)NCCc3cc(C)on3)cc2c1. The fourth-order valence-corrected chi connectivity index (χ4v) is 2.74. The molecule has 0 radical (unpaired) electrons. The van der Waals surface area contributed by atoms with Crippen molar-refractivity contribution in [2.45, 2.75) is 26.2 Å². The number of H-pyrrole nitrogens is 1. The van der Waals surface area contributed by atoms with E-state index in [1.165, 1.54) is 0 Å². The molecule has 0 saturated heterocycles. The van der Waals surface area contributed by atoms with Crippen molar-refractivity contribution < 1.29 is 14.1 Å². The minimum Gasteiger partial charge on any atom is -0.497 e. The molecule has 0 fully saturated rings. The van der Waals surface area contributed by atoms with Gasteiger partial charge in [0.15, 0.2) is 0 Å². The second kappa shape index (κ2) is 7.86. The summed E-state index contributed by atoms with van der Waals surface area (Å²) in [5, 5.41) is 7.59. The third-order valence-corrected chi connectivity index (χ3v) is 4.13. The second-order valence-electron chi connectivity index (χ2n) is 6.11. The van der Waals surface area contributed by atoms with Crippen LogP contribution in [0.3, 0.4) is 0 Å². The number of aromatic nitrogens is 2. The van der Waals surface area contributed by atoms with Gasteiger partial charge in [0.25, 0.3) is 5.56 Å². The number of carbonyl (C=O) groups excluding carboxylic acids is 1. The molecule has 1 aromatic carbocycles. The van der Waals surface area contributed by atoms with Crippen molar-refractivity contribution in [3.05, 3.63) is 57.7 Å². The van der Waals surface area contributed by atoms with Crippen LogP contribution in [0.15, 0.2) is 39.6 Å². The normalized spacial score (nSPS) is 10.8. The highest BCUT2D eigenvalue weighted by molar-refractivity contribution is 5.81. The van der Waals surface area contributed by atoms with Gasteiger partial charge in [0, 0.05) is 41.9 Å². The Labute approximate surface area is 150 Å². The Morgan fingerprint density at radius 3 is 2.85 bits per heavy atom. The molecule has 7 nitrogen and oxygen atoms in total. The predicted octanol–water partition coefficient (Wildman–Crippen LogP) is 2.12. The Hall–Kier alpha value is -3.09. The molecule has 1 amide bonds. The Morgan fingerprint density at radius 2 is 2.12 bits per heavy atom. The number of hydrogen-bond donors (Lipinski definition) is 2. The summed E-state index contributed by atoms with van der Waals surface area (Å²) in [7, 11) is 1.60. The van der Waals surface area contributed by atoms with Crippen LogP contribution in [0.4, 0.5) is 0 Å². The number of aromatic amines is 1. The van der Waals surface area contributed by atoms with E-state index in [2.05, 4.69) is 15.5 Å². The van der Waals surface area contributed by atoms with Gasteiger partial charge in [-0.1, -0.05) is 5.16 Å². The van der Waals surface area contributed by atoms with Crippen LogP contribution >= 0.6 is 0 Å². The highest BCUT2D eigenvalue weighted by Crippen LogP contribution is 2.19. The summed E-state index contributed by atoms with van der Waals surface area (Å²) in [6, 6.07) is 9.10. The number of hydrogen-bond acceptors (Lipinski definition) is 5. The van der Waals surface area contributed by atoms with E-state index in [0.717, 1.165) is 28.1 Å². The van der Waals surface area contributed by atoms with Crippen molar-refractivity contribution in [1.82, 2.24) is 15.5 Å². The first-order chi connectivity index (χ1) is 12.5. The maximum Gasteiger partial charge on any atom is 0.251 e. The zero-order valence-corrected chi connectivity index (χ0v) is 14.8. The van der Waals surface area contributed by atoms with Gasteiger partial charge < -0.3 is 19.6 Å². The lowest BCUT2D eigenvalue weighted by Crippen LogP contribution is -2.26. The summed E-state index contributed by atoms with van der Waals surface area (Å²) >= 11 is 0. The first kappa shape index (κ1) is 17.7. The lowest BCUT2D eigenvalue weighted by molar-refractivity contribution is -0.121. The minimum absolute atomic E-state index is 0.102. The number of benzene rings is 1. The minimum atomic E-state index is -0.173. The number of methoxy groups -OCH3 is 1. The Morgan fingerprint density at radius 1 is 1.27 bits per heavy atom. The van der Waals surface area contributed by atoms with Crippen LogP contribution in [-0.4, -0.2) is 29.7 Å². The van der Waals surface area contributed by atoms with Crippen molar-refractivity contribution in [3.8, 4) is 5.75 Å². The molecule has 0 aliphatic rings. The molecule has 2 aromatic heterocycles. The van der Waals surface area contributed by atoms with Crippen LogP contribution < -0.4 is 15.6 Å². The topological polar surface area (TPSA) is 97.2 Å². The smallest absolute Gasteiger partial charge is 0.251 e. The van der Waals surface area contributed by atoms with Gasteiger partial charge in [0.1, 0.15) is 11.5 Å². The van der Waals surface area contributed by atoms with Crippen molar-refractivity contribution in [3.63, 3.8) is 0 Å². The Balaban J connectivity index is 1.57. The van der Waals surface area contributed by atoms with E-state index in [-0.39, 0.29) is 17.9 Å². The van der Waals surface area contributed by atoms with E-state index in [9.17, 15) is 9.59 Å². The van der Waals surface area contributed by atoms with Crippen LogP contribution in [0.5, 0.6) is 5.75 Å². The van der Waals surface area contributed by atoms with Gasteiger partial charge in [-0.25, -0.2) is 0 Å². The Bertz CT molecular complexity index is 974. The molecule has 136 valence electrons. The number of aryl methyl sites for hydroxylation is 2. The largest absolute Gasteiger partial charge is 0.497 e. The van der Waals surface area contributed by atoms with E-state index >= 15 is 0 Å². The molecule has 3 aromatic rings. The molecule has 0 spiro atoms. The van der Waals surface area contributed by atoms with Gasteiger partial charge in [0.2, 0.25) is 5.91 Å². The molecule has 0 bridgehead atoms. The zero-order valence-electron chi connectivity index (χ0n) is 14.8. The standard InChI is InChI=1S/C19H21N3O4/c1-12-9-15(22-26-12)7-8-20-18(23)6-3-13-10-14-11-16(25-2)4-5-17(14)21-19(13)24/h4-5,9-11H,3,6-8H2,1-2H3,(H,20,23)(H,21,24). The fraction of sp³-hybridized carbons (Fsp3) is 0.316. The van der Waals surface area contributed by atoms with Crippen molar-refractivity contribution in [2.75, 3.05) is 13.7 Å². The molecule has 2 N–H and O–H groups in total. The molecule has 7 heteroatoms. The third kappa shape index (κ3) is 4.30. The van der Waals surface area contributed by atoms with E-state index in [0.29, 0.717) is 24.9 Å². The number of pyridine rings is 1. The van der Waals surface area contributed by atoms with E-state index in [4.69, 9.17) is 9.26 Å². The number of amides is 1. The van der Waals surface area contributed by atoms with Crippen LogP contribution in [0, 0.1) is 6.92 Å². The summed E-state index contributed by atoms with van der Waals surface area (Å²) in [6.45, 7) is 2.31. The average Bonchev–Trinajstić information content (AvgIpc) is 3.04. The van der Waals surface area contributed by atoms with Crippen LogP contribution in [-0.2, 0) is 17.6 Å². The lowest BCUT2D eigenvalue weighted by atomic mass is 10.1. The maximum atomic E-state index is 12.2. The number of nitrogens with one attached hydrogen (secondary N) is 2. The van der Waals surface area contributed by atoms with Gasteiger partial charge in [-0.3, -0.25) is 9.59 Å². The first-order valence-corrected chi connectivity index (χ1v) is 8.44. The maximum absolute atomic E-state index is 12.2. The van der Waals surface area contributed by atoms with Crippen LogP contribution in [0.2, 0.25) is 0 Å². The summed E-state index contributed by atoms with van der Waals surface area (Å²) in [5.41, 5.74) is 1.95. The first-order valence-electron chi connectivity index (χ1n) is 8.44. The fourth-order valence-electron chi connectivity index (χ4n) is 2.74. The number of ether oxygens (including phenoxy) is 1. The number of rotatable bonds is 7. The Kier molecular flexibility index (Phi) is 5.36. The van der Waals surface area contributed by atoms with Crippen molar-refractivity contribution >= 4 is 16.8 Å². The summed E-state index contributed by atoms with van der Waals surface area (Å²) < 4.78 is 10.2. The van der Waals surface area contributed by atoms with E-state index in [1.807, 2.05) is 25.1 Å². The van der Waals surface area contributed by atoms with Crippen LogP contribution in [0.1, 0.15) is 23.4 Å². The molecule has 0 unspecified atom stereocenters. The number of nitrogens with zero attached hydrogens (tertiary/aromatic N) is 1. The molecule has 26 heavy (non-hydrogen) atoms. The van der Waals surface area contributed by atoms with Crippen LogP contribution in [0.25, 0.3) is 10.9 Å². The number of carbonyl (C=O) groups is 1. The molecular weight excluding hydrogens is 334 g/mol. The molecule has 2 heterocycles. The summed E-state index contributed by atoms with van der Waals surface area (Å²) in [5.74, 6) is 1.37. The molecular formula is C19H21N3O4. The lowest BCUT2D eigenvalue weighted by Gasteiger charge is -2.06. The van der Waals surface area contributed by atoms with Crippen molar-refractivity contribution in [1.29, 1.82) is 0 Å². The predicted molar refractivity (Wildman–Crippen MR) is 97.4 cm³/mol. The van der Waals surface area contributed by atoms with Gasteiger partial charge in [-0.05, 0) is 37.6 Å². The monoisotopic (exact) mass is 355 g/mol. The second-order valence-corrected chi connectivity index (χ2v) is 6.11. The molecule has 0 saturated carbocycles. The molecule has 0 atom stereocenters. The van der Waals surface area contributed by atoms with Crippen molar-refractivity contribution in [2.24, 2.45) is 0 Å². The highest BCUT2D eigenvalue weighted by atomic mass is 16.5. The van der Waals surface area contributed by atoms with Gasteiger partial charge in [-0.2, -0.15) is 0 Å². The summed E-state index contributed by atoms with van der Waals surface area (Å²) in [6.07, 6.45) is 1.23. The third-order valence-electron chi connectivity index (χ3n) is 4.13. The molecule has 3 rings (SSSR count). The highest BCUT2D eigenvalue weighted by Gasteiger charge is 2.08. The number of fused-ring (bicyclic) bond motifs is 1. The van der Waals surface area contributed by atoms with Gasteiger partial charge in [0.05, 0.1) is 12.8 Å². The van der Waals surface area contributed by atoms with E-state index in [1.54, 1.807) is 19.2 Å². The van der Waals surface area contributed by atoms with Gasteiger partial charge in [-0.15, -0.1) is 0 Å². The zero-order chi connectivity index (χ0) is 18.5.